The molecule has 0 spiro atoms. The predicted octanol–water partition coefficient (Wildman–Crippen LogP) is 0.564. The lowest BCUT2D eigenvalue weighted by Crippen LogP contribution is -2.47. The fourth-order valence-corrected chi connectivity index (χ4v) is 6.19. The Kier molecular flexibility index (Phi) is 7.22. The van der Waals surface area contributed by atoms with E-state index < -0.39 is 16.1 Å². The van der Waals surface area contributed by atoms with Crippen LogP contribution in [0.3, 0.4) is 0 Å². The number of sulfonamides is 1. The van der Waals surface area contributed by atoms with Crippen LogP contribution in [0.15, 0.2) is 17.0 Å². The van der Waals surface area contributed by atoms with E-state index in [0.717, 1.165) is 19.6 Å². The van der Waals surface area contributed by atoms with E-state index in [1.807, 2.05) is 0 Å². The van der Waals surface area contributed by atoms with Crippen molar-refractivity contribution in [3.63, 3.8) is 0 Å². The Morgan fingerprint density at radius 2 is 2.00 bits per heavy atom. The summed E-state index contributed by atoms with van der Waals surface area (Å²) in [6.07, 6.45) is 0.579. The van der Waals surface area contributed by atoms with Gasteiger partial charge in [0.05, 0.1) is 29.7 Å². The van der Waals surface area contributed by atoms with Crippen LogP contribution < -0.4 is 15.4 Å². The molecule has 0 bridgehead atoms. The molecule has 11 heteroatoms. The highest BCUT2D eigenvalue weighted by Gasteiger charge is 2.35. The molecule has 0 aromatic heterocycles. The second-order valence-corrected chi connectivity index (χ2v) is 10.7. The SMILES string of the molecule is Cc1cc2c(cc1S(=O)(=O)N1CCC[C@H](C(=O)NCCN3CCOCC3)C1)O[C@@H](C)C(=O)N2. The number of morpholine rings is 1. The van der Waals surface area contributed by atoms with Crippen molar-refractivity contribution >= 4 is 27.5 Å². The van der Waals surface area contributed by atoms with Crippen LogP contribution >= 0.6 is 0 Å². The van der Waals surface area contributed by atoms with Gasteiger partial charge in [0.15, 0.2) is 6.10 Å². The van der Waals surface area contributed by atoms with Crippen molar-refractivity contribution in [2.45, 2.75) is 37.7 Å². The fourth-order valence-electron chi connectivity index (χ4n) is 4.44. The Morgan fingerprint density at radius 1 is 1.24 bits per heavy atom. The zero-order valence-electron chi connectivity index (χ0n) is 19.1. The average molecular weight is 481 g/mol. The topological polar surface area (TPSA) is 117 Å². The molecule has 0 radical (unpaired) electrons. The molecule has 0 unspecified atom stereocenters. The number of anilines is 1. The first-order chi connectivity index (χ1) is 15.8. The van der Waals surface area contributed by atoms with Gasteiger partial charge < -0.3 is 20.1 Å². The van der Waals surface area contributed by atoms with Gasteiger partial charge in [0, 0.05) is 45.3 Å². The number of nitrogens with one attached hydrogen (secondary N) is 2. The summed E-state index contributed by atoms with van der Waals surface area (Å²) in [7, 11) is -3.82. The Morgan fingerprint density at radius 3 is 2.76 bits per heavy atom. The molecular weight excluding hydrogens is 448 g/mol. The lowest BCUT2D eigenvalue weighted by molar-refractivity contribution is -0.126. The van der Waals surface area contributed by atoms with Crippen molar-refractivity contribution in [3.05, 3.63) is 17.7 Å². The van der Waals surface area contributed by atoms with Gasteiger partial charge in [-0.3, -0.25) is 14.5 Å². The molecule has 3 heterocycles. The number of carbonyl (C=O) groups excluding carboxylic acids is 2. The lowest BCUT2D eigenvalue weighted by atomic mass is 9.99. The highest BCUT2D eigenvalue weighted by molar-refractivity contribution is 7.89. The molecule has 2 fully saturated rings. The maximum Gasteiger partial charge on any atom is 0.265 e. The van der Waals surface area contributed by atoms with E-state index in [1.54, 1.807) is 19.9 Å². The molecule has 2 atom stereocenters. The molecule has 0 saturated carbocycles. The summed E-state index contributed by atoms with van der Waals surface area (Å²) in [5, 5.41) is 5.71. The standard InChI is InChI=1S/C22H32N4O6S/c1-15-12-18-19(32-16(2)21(27)24-18)13-20(15)33(29,30)26-6-3-4-17(14-26)22(28)23-5-7-25-8-10-31-11-9-25/h12-13,16-17H,3-11,14H2,1-2H3,(H,23,28)(H,24,27)/t16-,17-/m0/s1. The third kappa shape index (κ3) is 5.32. The van der Waals surface area contributed by atoms with Crippen LogP contribution in [0.4, 0.5) is 5.69 Å². The molecule has 1 aromatic carbocycles. The highest BCUT2D eigenvalue weighted by atomic mass is 32.2. The number of hydrogen-bond donors (Lipinski definition) is 2. The van der Waals surface area contributed by atoms with Crippen LogP contribution in [-0.2, 0) is 24.3 Å². The van der Waals surface area contributed by atoms with Crippen molar-refractivity contribution in [2.75, 3.05) is 57.8 Å². The third-order valence-electron chi connectivity index (χ3n) is 6.41. The first kappa shape index (κ1) is 23.9. The molecule has 10 nitrogen and oxygen atoms in total. The number of rotatable bonds is 6. The van der Waals surface area contributed by atoms with Crippen LogP contribution in [0.25, 0.3) is 0 Å². The van der Waals surface area contributed by atoms with E-state index in [0.29, 0.717) is 56.1 Å². The largest absolute Gasteiger partial charge is 0.479 e. The molecule has 0 aliphatic carbocycles. The molecule has 2 N–H and O–H groups in total. The molecular formula is C22H32N4O6S. The summed E-state index contributed by atoms with van der Waals surface area (Å²) < 4.78 is 39.3. The second kappa shape index (κ2) is 9.96. The van der Waals surface area contributed by atoms with Crippen LogP contribution in [0.2, 0.25) is 0 Å². The number of ether oxygens (including phenoxy) is 2. The second-order valence-electron chi connectivity index (χ2n) is 8.81. The van der Waals surface area contributed by atoms with Crippen molar-refractivity contribution in [1.29, 1.82) is 0 Å². The van der Waals surface area contributed by atoms with Gasteiger partial charge in [0.25, 0.3) is 5.91 Å². The maximum atomic E-state index is 13.5. The van der Waals surface area contributed by atoms with Gasteiger partial charge in [0.2, 0.25) is 15.9 Å². The van der Waals surface area contributed by atoms with Crippen molar-refractivity contribution < 1.29 is 27.5 Å². The number of piperidine rings is 1. The van der Waals surface area contributed by atoms with Gasteiger partial charge in [-0.1, -0.05) is 0 Å². The lowest BCUT2D eigenvalue weighted by Gasteiger charge is -2.32. The molecule has 1 aromatic rings. The minimum atomic E-state index is -3.82. The van der Waals surface area contributed by atoms with Crippen LogP contribution in [0.1, 0.15) is 25.3 Å². The summed E-state index contributed by atoms with van der Waals surface area (Å²) in [6, 6.07) is 3.09. The Balaban J connectivity index is 1.41. The van der Waals surface area contributed by atoms with Crippen molar-refractivity contribution in [1.82, 2.24) is 14.5 Å². The molecule has 3 aliphatic rings. The number of carbonyl (C=O) groups is 2. The Hall–Kier alpha value is -2.21. The summed E-state index contributed by atoms with van der Waals surface area (Å²) >= 11 is 0. The average Bonchev–Trinajstić information content (AvgIpc) is 2.80. The molecule has 3 aliphatic heterocycles. The van der Waals surface area contributed by atoms with Gasteiger partial charge in [0.1, 0.15) is 5.75 Å². The summed E-state index contributed by atoms with van der Waals surface area (Å²) in [5.41, 5.74) is 0.981. The molecule has 4 rings (SSSR count). The van der Waals surface area contributed by atoms with Gasteiger partial charge in [-0.05, 0) is 38.3 Å². The quantitative estimate of drug-likeness (QED) is 0.611. The number of benzene rings is 1. The minimum absolute atomic E-state index is 0.106. The normalized spacial score (nSPS) is 24.5. The number of amides is 2. The molecule has 33 heavy (non-hydrogen) atoms. The number of fused-ring (bicyclic) bond motifs is 1. The van der Waals surface area contributed by atoms with Crippen molar-refractivity contribution in [2.24, 2.45) is 5.92 Å². The molecule has 2 saturated heterocycles. The summed E-state index contributed by atoms with van der Waals surface area (Å²) in [4.78, 5) is 27.0. The van der Waals surface area contributed by atoms with Gasteiger partial charge in [-0.2, -0.15) is 4.31 Å². The number of aryl methyl sites for hydroxylation is 1. The van der Waals surface area contributed by atoms with Crippen LogP contribution in [0.5, 0.6) is 5.75 Å². The highest BCUT2D eigenvalue weighted by Crippen LogP contribution is 2.36. The molecule has 182 valence electrons. The molecule has 2 amide bonds. The number of nitrogens with zero attached hydrogens (tertiary/aromatic N) is 2. The van der Waals surface area contributed by atoms with E-state index in [4.69, 9.17) is 9.47 Å². The first-order valence-electron chi connectivity index (χ1n) is 11.5. The summed E-state index contributed by atoms with van der Waals surface area (Å²) in [6.45, 7) is 8.25. The monoisotopic (exact) mass is 480 g/mol. The van der Waals surface area contributed by atoms with Crippen LogP contribution in [-0.4, -0.2) is 88.0 Å². The van der Waals surface area contributed by atoms with Crippen molar-refractivity contribution in [3.8, 4) is 5.75 Å². The zero-order valence-corrected chi connectivity index (χ0v) is 19.9. The Bertz CT molecular complexity index is 1010. The Labute approximate surface area is 194 Å². The summed E-state index contributed by atoms with van der Waals surface area (Å²) in [5.74, 6) is -0.423. The van der Waals surface area contributed by atoms with Gasteiger partial charge in [-0.15, -0.1) is 0 Å². The van der Waals surface area contributed by atoms with E-state index >= 15 is 0 Å². The van der Waals surface area contributed by atoms with E-state index in [9.17, 15) is 18.0 Å². The van der Waals surface area contributed by atoms with E-state index in [2.05, 4.69) is 15.5 Å². The predicted molar refractivity (Wildman–Crippen MR) is 122 cm³/mol. The van der Waals surface area contributed by atoms with Crippen LogP contribution in [0, 0.1) is 12.8 Å². The van der Waals surface area contributed by atoms with Gasteiger partial charge in [-0.25, -0.2) is 8.42 Å². The maximum absolute atomic E-state index is 13.5. The smallest absolute Gasteiger partial charge is 0.265 e. The zero-order chi connectivity index (χ0) is 23.6. The van der Waals surface area contributed by atoms with E-state index in [-0.39, 0.29) is 29.2 Å². The first-order valence-corrected chi connectivity index (χ1v) is 12.9. The van der Waals surface area contributed by atoms with Gasteiger partial charge >= 0.3 is 0 Å². The minimum Gasteiger partial charge on any atom is -0.479 e. The third-order valence-corrected chi connectivity index (χ3v) is 8.42. The number of hydrogen-bond acceptors (Lipinski definition) is 7. The fraction of sp³-hybridized carbons (Fsp3) is 0.636. The van der Waals surface area contributed by atoms with E-state index in [1.165, 1.54) is 10.4 Å².